The van der Waals surface area contributed by atoms with Gasteiger partial charge in [0.1, 0.15) is 0 Å². The number of hydrogen-bond acceptors (Lipinski definition) is 2. The zero-order chi connectivity index (χ0) is 15.7. The molecule has 0 spiro atoms. The lowest BCUT2D eigenvalue weighted by Crippen LogP contribution is -2.36. The Morgan fingerprint density at radius 3 is 2.50 bits per heavy atom. The first kappa shape index (κ1) is 14.6. The van der Waals surface area contributed by atoms with Gasteiger partial charge >= 0.3 is 0 Å². The van der Waals surface area contributed by atoms with Crippen molar-refractivity contribution in [1.29, 1.82) is 0 Å². The summed E-state index contributed by atoms with van der Waals surface area (Å²) >= 11 is 0. The summed E-state index contributed by atoms with van der Waals surface area (Å²) in [6.07, 6.45) is 0.894. The first-order chi connectivity index (χ1) is 10.5. The molecule has 2 aromatic rings. The zero-order valence-corrected chi connectivity index (χ0v) is 13.2. The predicted octanol–water partition coefficient (Wildman–Crippen LogP) is 3.59. The van der Waals surface area contributed by atoms with Crippen molar-refractivity contribution in [2.75, 3.05) is 12.3 Å². The first-order valence-electron chi connectivity index (χ1n) is 7.81. The van der Waals surface area contributed by atoms with Crippen molar-refractivity contribution in [3.63, 3.8) is 0 Å². The Hall–Kier alpha value is -2.29. The van der Waals surface area contributed by atoms with Gasteiger partial charge in [0.15, 0.2) is 0 Å². The highest BCUT2D eigenvalue weighted by Crippen LogP contribution is 2.23. The van der Waals surface area contributed by atoms with E-state index >= 15 is 0 Å². The third kappa shape index (κ3) is 2.84. The number of carbonyl (C=O) groups excluding carboxylic acids is 1. The summed E-state index contributed by atoms with van der Waals surface area (Å²) in [5, 5.41) is 0. The van der Waals surface area contributed by atoms with Crippen LogP contribution in [0.1, 0.15) is 46.8 Å². The molecule has 0 saturated carbocycles. The summed E-state index contributed by atoms with van der Waals surface area (Å²) in [5.41, 5.74) is 11.1. The minimum Gasteiger partial charge on any atom is -0.399 e. The van der Waals surface area contributed by atoms with Crippen molar-refractivity contribution in [3.8, 4) is 0 Å². The Kier molecular flexibility index (Phi) is 3.88. The van der Waals surface area contributed by atoms with Crippen LogP contribution in [0.2, 0.25) is 0 Å². The highest BCUT2D eigenvalue weighted by Gasteiger charge is 2.21. The number of nitrogen functional groups attached to an aromatic ring is 1. The molecular weight excluding hydrogens is 272 g/mol. The molecule has 2 N–H and O–H groups in total. The van der Waals surface area contributed by atoms with Gasteiger partial charge in [-0.3, -0.25) is 4.79 Å². The molecule has 0 bridgehead atoms. The van der Waals surface area contributed by atoms with Gasteiger partial charge in [0.05, 0.1) is 0 Å². The Labute approximate surface area is 131 Å². The van der Waals surface area contributed by atoms with E-state index < -0.39 is 0 Å². The first-order valence-corrected chi connectivity index (χ1v) is 7.81. The van der Waals surface area contributed by atoms with Gasteiger partial charge < -0.3 is 10.6 Å². The van der Waals surface area contributed by atoms with Crippen LogP contribution in [-0.2, 0) is 13.0 Å². The molecule has 3 rings (SSSR count). The van der Waals surface area contributed by atoms with Crippen LogP contribution in [0.4, 0.5) is 5.69 Å². The minimum absolute atomic E-state index is 0.100. The Morgan fingerprint density at radius 1 is 1.09 bits per heavy atom. The van der Waals surface area contributed by atoms with E-state index in [0.29, 0.717) is 12.5 Å². The van der Waals surface area contributed by atoms with E-state index in [1.54, 1.807) is 0 Å². The molecule has 1 aliphatic rings. The molecule has 0 aliphatic carbocycles. The lowest BCUT2D eigenvalue weighted by molar-refractivity contribution is 0.0734. The maximum absolute atomic E-state index is 12.7. The molecule has 2 aromatic carbocycles. The summed E-state index contributed by atoms with van der Waals surface area (Å²) in [6, 6.07) is 14.0. The van der Waals surface area contributed by atoms with Gasteiger partial charge in [-0.1, -0.05) is 32.0 Å². The van der Waals surface area contributed by atoms with Gasteiger partial charge in [-0.05, 0) is 53.3 Å². The van der Waals surface area contributed by atoms with Crippen LogP contribution in [0.3, 0.4) is 0 Å². The highest BCUT2D eigenvalue weighted by molar-refractivity contribution is 5.94. The van der Waals surface area contributed by atoms with Gasteiger partial charge in [0.25, 0.3) is 5.91 Å². The number of rotatable bonds is 2. The van der Waals surface area contributed by atoms with E-state index in [2.05, 4.69) is 19.9 Å². The highest BCUT2D eigenvalue weighted by atomic mass is 16.2. The van der Waals surface area contributed by atoms with Gasteiger partial charge in [0.2, 0.25) is 0 Å². The number of hydrogen-bond donors (Lipinski definition) is 1. The third-order valence-electron chi connectivity index (χ3n) is 4.35. The molecule has 0 aromatic heterocycles. The van der Waals surface area contributed by atoms with E-state index in [1.807, 2.05) is 41.3 Å². The Morgan fingerprint density at radius 2 is 1.82 bits per heavy atom. The van der Waals surface area contributed by atoms with Crippen molar-refractivity contribution in [2.24, 2.45) is 0 Å². The van der Waals surface area contributed by atoms with Crippen molar-refractivity contribution in [2.45, 2.75) is 32.7 Å². The maximum Gasteiger partial charge on any atom is 0.254 e. The van der Waals surface area contributed by atoms with E-state index in [-0.39, 0.29) is 5.91 Å². The fourth-order valence-corrected chi connectivity index (χ4v) is 2.94. The normalized spacial score (nSPS) is 14.0. The second-order valence-electron chi connectivity index (χ2n) is 6.28. The van der Waals surface area contributed by atoms with E-state index in [0.717, 1.165) is 24.2 Å². The summed E-state index contributed by atoms with van der Waals surface area (Å²) in [4.78, 5) is 14.6. The summed E-state index contributed by atoms with van der Waals surface area (Å²) in [5.74, 6) is 0.581. The number of carbonyl (C=O) groups is 1. The van der Waals surface area contributed by atoms with Crippen molar-refractivity contribution < 1.29 is 4.79 Å². The molecule has 3 nitrogen and oxygen atoms in total. The molecule has 0 fully saturated rings. The number of amides is 1. The van der Waals surface area contributed by atoms with Crippen LogP contribution in [0, 0.1) is 0 Å². The molecule has 1 aliphatic heterocycles. The molecule has 3 heteroatoms. The fraction of sp³-hybridized carbons (Fsp3) is 0.316. The number of nitrogens with zero attached hydrogens (tertiary/aromatic N) is 1. The zero-order valence-electron chi connectivity index (χ0n) is 13.2. The molecule has 0 saturated heterocycles. The predicted molar refractivity (Wildman–Crippen MR) is 89.8 cm³/mol. The molecule has 114 valence electrons. The summed E-state index contributed by atoms with van der Waals surface area (Å²) in [7, 11) is 0. The van der Waals surface area contributed by atoms with Crippen LogP contribution in [0.5, 0.6) is 0 Å². The quantitative estimate of drug-likeness (QED) is 0.860. The van der Waals surface area contributed by atoms with Crippen LogP contribution in [0.15, 0.2) is 42.5 Å². The maximum atomic E-state index is 12.7. The van der Waals surface area contributed by atoms with Crippen LogP contribution in [-0.4, -0.2) is 17.4 Å². The standard InChI is InChI=1S/C19H22N2O/c1-13(2)14-3-5-16(6-4-14)19(22)21-10-9-15-7-8-18(20)11-17(15)12-21/h3-8,11,13H,9-10,12,20H2,1-2H3. The minimum atomic E-state index is 0.100. The SMILES string of the molecule is CC(C)c1ccc(C(=O)N2CCc3ccc(N)cc3C2)cc1. The van der Waals surface area contributed by atoms with Gasteiger partial charge in [0, 0.05) is 24.3 Å². The lowest BCUT2D eigenvalue weighted by atomic mass is 9.98. The second-order valence-corrected chi connectivity index (χ2v) is 6.28. The van der Waals surface area contributed by atoms with Crippen molar-refractivity contribution in [3.05, 3.63) is 64.7 Å². The monoisotopic (exact) mass is 294 g/mol. The van der Waals surface area contributed by atoms with Crippen LogP contribution in [0.25, 0.3) is 0 Å². The molecular formula is C19H22N2O. The topological polar surface area (TPSA) is 46.3 Å². The molecule has 22 heavy (non-hydrogen) atoms. The van der Waals surface area contributed by atoms with E-state index in [9.17, 15) is 4.79 Å². The van der Waals surface area contributed by atoms with E-state index in [4.69, 9.17) is 5.73 Å². The largest absolute Gasteiger partial charge is 0.399 e. The second kappa shape index (κ2) is 5.84. The molecule has 0 radical (unpaired) electrons. The van der Waals surface area contributed by atoms with Gasteiger partial charge in [-0.25, -0.2) is 0 Å². The lowest BCUT2D eigenvalue weighted by Gasteiger charge is -2.29. The van der Waals surface area contributed by atoms with Crippen molar-refractivity contribution in [1.82, 2.24) is 4.90 Å². The van der Waals surface area contributed by atoms with Crippen LogP contribution >= 0.6 is 0 Å². The van der Waals surface area contributed by atoms with Gasteiger partial charge in [-0.2, -0.15) is 0 Å². The molecule has 0 atom stereocenters. The summed E-state index contributed by atoms with van der Waals surface area (Å²) in [6.45, 7) is 5.72. The Balaban J connectivity index is 1.78. The number of benzene rings is 2. The third-order valence-corrected chi connectivity index (χ3v) is 4.35. The van der Waals surface area contributed by atoms with Crippen molar-refractivity contribution >= 4 is 11.6 Å². The molecule has 1 amide bonds. The smallest absolute Gasteiger partial charge is 0.254 e. The van der Waals surface area contributed by atoms with E-state index in [1.165, 1.54) is 16.7 Å². The fourth-order valence-electron chi connectivity index (χ4n) is 2.94. The number of anilines is 1. The average molecular weight is 294 g/mol. The number of fused-ring (bicyclic) bond motifs is 1. The van der Waals surface area contributed by atoms with Crippen LogP contribution < -0.4 is 5.73 Å². The average Bonchev–Trinajstić information content (AvgIpc) is 2.53. The molecule has 1 heterocycles. The summed E-state index contributed by atoms with van der Waals surface area (Å²) < 4.78 is 0. The number of nitrogens with two attached hydrogens (primary N) is 1. The van der Waals surface area contributed by atoms with Gasteiger partial charge in [-0.15, -0.1) is 0 Å². The molecule has 0 unspecified atom stereocenters. The Bertz CT molecular complexity index is 689.